The van der Waals surface area contributed by atoms with E-state index in [0.717, 1.165) is 0 Å². The highest BCUT2D eigenvalue weighted by atomic mass is 31.2. The quantitative estimate of drug-likeness (QED) is 0.227. The van der Waals surface area contributed by atoms with Gasteiger partial charge in [0.05, 0.1) is 25.2 Å². The highest BCUT2D eigenvalue weighted by Gasteiger charge is 2.48. The lowest BCUT2D eigenvalue weighted by atomic mass is 10.1. The highest BCUT2D eigenvalue weighted by molar-refractivity contribution is 7.46. The van der Waals surface area contributed by atoms with Gasteiger partial charge in [-0.1, -0.05) is 6.92 Å². The Labute approximate surface area is 204 Å². The van der Waals surface area contributed by atoms with Gasteiger partial charge < -0.3 is 33.4 Å². The number of carbonyl (C=O) groups excluding carboxylic acids is 1. The van der Waals surface area contributed by atoms with Crippen LogP contribution in [0.1, 0.15) is 31.6 Å². The summed E-state index contributed by atoms with van der Waals surface area (Å²) in [6.07, 6.45) is -1.36. The molecule has 0 radical (unpaired) electrons. The Balaban J connectivity index is 2.17. The van der Waals surface area contributed by atoms with E-state index < -0.39 is 50.3 Å². The maximum absolute atomic E-state index is 12.6. The molecular formula is C21H30N5O8P. The van der Waals surface area contributed by atoms with Crippen LogP contribution in [0.5, 0.6) is 0 Å². The first-order valence-electron chi connectivity index (χ1n) is 11.1. The van der Waals surface area contributed by atoms with Crippen molar-refractivity contribution in [3.05, 3.63) is 44.0 Å². The third kappa shape index (κ3) is 8.42. The summed E-state index contributed by atoms with van der Waals surface area (Å²) in [4.78, 5) is 41.6. The number of hydrogen-bond acceptors (Lipinski definition) is 9. The first-order valence-corrected chi connectivity index (χ1v) is 12.7. The van der Waals surface area contributed by atoms with E-state index in [0.29, 0.717) is 12.0 Å². The van der Waals surface area contributed by atoms with Crippen LogP contribution in [0.4, 0.5) is 4.79 Å². The van der Waals surface area contributed by atoms with Gasteiger partial charge in [0.2, 0.25) is 6.54 Å². The van der Waals surface area contributed by atoms with Gasteiger partial charge in [0.1, 0.15) is 25.4 Å². The van der Waals surface area contributed by atoms with E-state index in [2.05, 4.69) is 15.1 Å². The van der Waals surface area contributed by atoms with Crippen molar-refractivity contribution in [1.82, 2.24) is 14.9 Å². The van der Waals surface area contributed by atoms with Crippen LogP contribution in [-0.2, 0) is 23.3 Å². The van der Waals surface area contributed by atoms with Gasteiger partial charge in [-0.15, -0.1) is 0 Å². The lowest BCUT2D eigenvalue weighted by molar-refractivity contribution is -0.0682. The molecule has 1 saturated heterocycles. The molecule has 14 heteroatoms. The number of nitrogens with one attached hydrogen (secondary N) is 2. The fraction of sp³-hybridized carbons (Fsp3) is 0.667. The molecule has 0 aromatic carbocycles. The SMILES string of the molecule is [C-]#[N+]CCOP(C)OC1C(OCCNC(=O)OCCC#N)[C@H](n2cc(C)c(=O)[nH]c2=O)O[C@@H]1CC. The second kappa shape index (κ2) is 14.6. The van der Waals surface area contributed by atoms with Gasteiger partial charge in [-0.3, -0.25) is 14.3 Å². The Morgan fingerprint density at radius 2 is 2.14 bits per heavy atom. The molecule has 0 aliphatic carbocycles. The summed E-state index contributed by atoms with van der Waals surface area (Å²) in [7, 11) is -1.37. The molecule has 5 atom stereocenters. The van der Waals surface area contributed by atoms with E-state index in [1.165, 1.54) is 10.8 Å². The number of aromatic amines is 1. The van der Waals surface area contributed by atoms with Crippen molar-refractivity contribution in [1.29, 1.82) is 5.26 Å². The minimum atomic E-state index is -1.37. The zero-order valence-electron chi connectivity index (χ0n) is 19.9. The number of aromatic nitrogens is 2. The monoisotopic (exact) mass is 511 g/mol. The van der Waals surface area contributed by atoms with Gasteiger partial charge in [-0.25, -0.2) is 16.2 Å². The van der Waals surface area contributed by atoms with E-state index in [1.54, 1.807) is 13.6 Å². The molecule has 2 heterocycles. The Bertz CT molecular complexity index is 1030. The van der Waals surface area contributed by atoms with Crippen molar-refractivity contribution in [3.63, 3.8) is 0 Å². The topological polar surface area (TPSA) is 158 Å². The van der Waals surface area contributed by atoms with Crippen LogP contribution < -0.4 is 16.6 Å². The number of hydrogen-bond donors (Lipinski definition) is 2. The zero-order valence-corrected chi connectivity index (χ0v) is 20.8. The van der Waals surface area contributed by atoms with Crippen molar-refractivity contribution >= 4 is 14.5 Å². The molecule has 0 spiro atoms. The first-order chi connectivity index (χ1) is 16.8. The number of nitriles is 1. The zero-order chi connectivity index (χ0) is 25.8. The van der Waals surface area contributed by atoms with Crippen LogP contribution >= 0.6 is 8.38 Å². The minimum Gasteiger partial charge on any atom is -0.448 e. The average Bonchev–Trinajstić information content (AvgIpc) is 3.16. The van der Waals surface area contributed by atoms with Crippen LogP contribution in [-0.4, -0.2) is 73.5 Å². The number of aryl methyl sites for hydroxylation is 1. The molecule has 3 unspecified atom stereocenters. The van der Waals surface area contributed by atoms with Crippen LogP contribution in [0.25, 0.3) is 4.85 Å². The number of nitrogens with zero attached hydrogens (tertiary/aromatic N) is 3. The molecular weight excluding hydrogens is 481 g/mol. The van der Waals surface area contributed by atoms with Crippen molar-refractivity contribution < 1.29 is 28.1 Å². The fourth-order valence-corrected chi connectivity index (χ4v) is 4.34. The predicted molar refractivity (Wildman–Crippen MR) is 125 cm³/mol. The summed E-state index contributed by atoms with van der Waals surface area (Å²) in [5.41, 5.74) is -0.821. The molecule has 1 aromatic heterocycles. The third-order valence-corrected chi connectivity index (χ3v) is 6.07. The van der Waals surface area contributed by atoms with Crippen LogP contribution in [0.2, 0.25) is 0 Å². The number of amides is 1. The smallest absolute Gasteiger partial charge is 0.407 e. The summed E-state index contributed by atoms with van der Waals surface area (Å²) < 4.78 is 30.0. The predicted octanol–water partition coefficient (Wildman–Crippen LogP) is 1.44. The molecule has 1 fully saturated rings. The number of rotatable bonds is 13. The van der Waals surface area contributed by atoms with Crippen molar-refractivity contribution in [3.8, 4) is 6.07 Å². The maximum Gasteiger partial charge on any atom is 0.407 e. The molecule has 0 saturated carbocycles. The molecule has 192 valence electrons. The number of alkyl carbamates (subject to hydrolysis) is 1. The second-order valence-corrected chi connectivity index (χ2v) is 8.83. The largest absolute Gasteiger partial charge is 0.448 e. The summed E-state index contributed by atoms with van der Waals surface area (Å²) in [5, 5.41) is 11.0. The van der Waals surface area contributed by atoms with Gasteiger partial charge in [0.25, 0.3) is 5.56 Å². The van der Waals surface area contributed by atoms with Gasteiger partial charge >= 0.3 is 11.8 Å². The summed E-state index contributed by atoms with van der Waals surface area (Å²) in [6, 6.07) is 1.88. The normalized spacial score (nSPS) is 22.2. The molecule has 2 N–H and O–H groups in total. The van der Waals surface area contributed by atoms with E-state index in [9.17, 15) is 14.4 Å². The summed E-state index contributed by atoms with van der Waals surface area (Å²) in [5.74, 6) is 0. The van der Waals surface area contributed by atoms with E-state index >= 15 is 0 Å². The summed E-state index contributed by atoms with van der Waals surface area (Å²) >= 11 is 0. The molecule has 35 heavy (non-hydrogen) atoms. The van der Waals surface area contributed by atoms with E-state index in [-0.39, 0.29) is 39.3 Å². The van der Waals surface area contributed by atoms with Crippen molar-refractivity contribution in [2.24, 2.45) is 0 Å². The van der Waals surface area contributed by atoms with Gasteiger partial charge in [-0.05, 0) is 13.3 Å². The number of H-pyrrole nitrogens is 1. The fourth-order valence-electron chi connectivity index (χ4n) is 3.35. The third-order valence-electron chi connectivity index (χ3n) is 4.98. The molecule has 1 aliphatic heterocycles. The lowest BCUT2D eigenvalue weighted by Crippen LogP contribution is -2.41. The Morgan fingerprint density at radius 3 is 2.83 bits per heavy atom. The van der Waals surface area contributed by atoms with Gasteiger partial charge in [-0.2, -0.15) is 5.26 Å². The molecule has 1 amide bonds. The molecule has 13 nitrogen and oxygen atoms in total. The van der Waals surface area contributed by atoms with E-state index in [4.69, 9.17) is 35.1 Å². The van der Waals surface area contributed by atoms with Crippen molar-refractivity contribution in [2.45, 2.75) is 51.2 Å². The Morgan fingerprint density at radius 1 is 1.37 bits per heavy atom. The summed E-state index contributed by atoms with van der Waals surface area (Å²) in [6.45, 7) is 12.7. The maximum atomic E-state index is 12.6. The van der Waals surface area contributed by atoms with Gasteiger partial charge in [0.15, 0.2) is 14.6 Å². The lowest BCUT2D eigenvalue weighted by Gasteiger charge is -2.27. The number of ether oxygens (including phenoxy) is 3. The van der Waals surface area contributed by atoms with Crippen LogP contribution in [0.15, 0.2) is 15.8 Å². The molecule has 0 bridgehead atoms. The van der Waals surface area contributed by atoms with Crippen molar-refractivity contribution in [2.75, 3.05) is 39.6 Å². The van der Waals surface area contributed by atoms with Gasteiger partial charge in [0, 0.05) is 25.0 Å². The second-order valence-electron chi connectivity index (χ2n) is 7.48. The highest BCUT2D eigenvalue weighted by Crippen LogP contribution is 2.43. The minimum absolute atomic E-state index is 0.0160. The van der Waals surface area contributed by atoms with E-state index in [1.807, 2.05) is 13.0 Å². The van der Waals surface area contributed by atoms with Crippen LogP contribution in [0.3, 0.4) is 0 Å². The molecule has 2 rings (SSSR count). The molecule has 1 aromatic rings. The average molecular weight is 511 g/mol. The first kappa shape index (κ1) is 28.4. The Hall–Kier alpha value is -2.80. The Kier molecular flexibility index (Phi) is 11.8. The number of carbonyl (C=O) groups is 1. The van der Waals surface area contributed by atoms with Crippen LogP contribution in [0, 0.1) is 24.8 Å². The standard InChI is InChI=1S/C21H30N5O8P/c1-5-15-16(34-35(4)32-12-8-23-3)17(30-11-9-24-21(29)31-10-6-7-22)19(33-15)26-13-14(2)18(27)25-20(26)28/h13,15-17,19H,5-6,8-12H2,1-2,4H3,(H,24,29)(H,25,27,28)/t15-,16?,17?,19-,35?/m1/s1. The molecule has 1 aliphatic rings.